The lowest BCUT2D eigenvalue weighted by molar-refractivity contribution is -0.138. The quantitative estimate of drug-likeness (QED) is 0.438. The van der Waals surface area contributed by atoms with E-state index in [9.17, 15) is 13.2 Å². The Balaban J connectivity index is 1.72. The molecule has 0 unspecified atom stereocenters. The third kappa shape index (κ3) is 5.99. The molecule has 7 nitrogen and oxygen atoms in total. The van der Waals surface area contributed by atoms with Crippen LogP contribution in [0.2, 0.25) is 10.0 Å². The fourth-order valence-corrected chi connectivity index (χ4v) is 4.84. The molecule has 0 radical (unpaired) electrons. The van der Waals surface area contributed by atoms with Gasteiger partial charge in [0.2, 0.25) is 10.0 Å². The van der Waals surface area contributed by atoms with E-state index < -0.39 is 16.0 Å². The molecule has 1 aliphatic heterocycles. The first-order valence-corrected chi connectivity index (χ1v) is 11.6. The molecule has 0 saturated carbocycles. The van der Waals surface area contributed by atoms with Crippen molar-refractivity contribution >= 4 is 45.3 Å². The summed E-state index contributed by atoms with van der Waals surface area (Å²) >= 11 is 11.8. The average Bonchev–Trinajstić information content (AvgIpc) is 2.78. The summed E-state index contributed by atoms with van der Waals surface area (Å²) in [5.74, 6) is -0.356. The largest absolute Gasteiger partial charge is 0.495 e. The number of ether oxygens (including phenoxy) is 3. The Morgan fingerprint density at radius 3 is 2.55 bits per heavy atom. The van der Waals surface area contributed by atoms with Crippen LogP contribution in [-0.4, -0.2) is 52.1 Å². The highest BCUT2D eigenvalue weighted by Crippen LogP contribution is 2.29. The number of hydrogen-bond donors (Lipinski definition) is 0. The highest BCUT2D eigenvalue weighted by atomic mass is 35.5. The molecule has 2 aromatic carbocycles. The first kappa shape index (κ1) is 23.6. The molecule has 0 spiro atoms. The molecule has 10 heteroatoms. The lowest BCUT2D eigenvalue weighted by Gasteiger charge is -2.26. The van der Waals surface area contributed by atoms with E-state index in [0.29, 0.717) is 34.4 Å². The van der Waals surface area contributed by atoms with E-state index in [0.717, 1.165) is 0 Å². The fraction of sp³-hybridized carbons (Fsp3) is 0.286. The summed E-state index contributed by atoms with van der Waals surface area (Å²) in [5.41, 5.74) is 1.21. The van der Waals surface area contributed by atoms with E-state index in [-0.39, 0.29) is 30.3 Å². The minimum atomic E-state index is -3.76. The van der Waals surface area contributed by atoms with E-state index in [1.807, 2.05) is 0 Å². The van der Waals surface area contributed by atoms with Crippen LogP contribution in [0.1, 0.15) is 11.1 Å². The Bertz CT molecular complexity index is 1080. The molecule has 2 aromatic rings. The zero-order valence-electron chi connectivity index (χ0n) is 16.7. The zero-order valence-corrected chi connectivity index (χ0v) is 19.0. The average molecular weight is 486 g/mol. The summed E-state index contributed by atoms with van der Waals surface area (Å²) < 4.78 is 43.1. The van der Waals surface area contributed by atoms with Crippen LogP contribution in [-0.2, 0) is 30.9 Å². The van der Waals surface area contributed by atoms with E-state index in [2.05, 4.69) is 0 Å². The third-order valence-electron chi connectivity index (χ3n) is 4.55. The number of carbonyl (C=O) groups excluding carboxylic acids is 1. The minimum absolute atomic E-state index is 0.0271. The maximum absolute atomic E-state index is 13.0. The van der Waals surface area contributed by atoms with E-state index in [1.54, 1.807) is 30.3 Å². The summed E-state index contributed by atoms with van der Waals surface area (Å²) in [6.45, 7) is 1.25. The lowest BCUT2D eigenvalue weighted by atomic mass is 10.2. The van der Waals surface area contributed by atoms with E-state index in [1.165, 1.54) is 29.6 Å². The van der Waals surface area contributed by atoms with Gasteiger partial charge in [0.1, 0.15) is 17.3 Å². The number of nitrogens with zero attached hydrogens (tertiary/aromatic N) is 1. The molecule has 1 heterocycles. The fourth-order valence-electron chi connectivity index (χ4n) is 2.92. The predicted molar refractivity (Wildman–Crippen MR) is 118 cm³/mol. The van der Waals surface area contributed by atoms with Gasteiger partial charge in [0.25, 0.3) is 0 Å². The van der Waals surface area contributed by atoms with Crippen LogP contribution < -0.4 is 4.74 Å². The number of benzene rings is 2. The normalized spacial score (nSPS) is 15.2. The van der Waals surface area contributed by atoms with Gasteiger partial charge in [-0.2, -0.15) is 4.31 Å². The van der Waals surface area contributed by atoms with Crippen molar-refractivity contribution in [1.82, 2.24) is 4.31 Å². The van der Waals surface area contributed by atoms with Crippen LogP contribution in [0, 0.1) is 0 Å². The van der Waals surface area contributed by atoms with Crippen LogP contribution in [0.5, 0.6) is 5.75 Å². The second kappa shape index (κ2) is 10.5. The molecule has 0 atom stereocenters. The molecule has 0 aromatic heterocycles. The first-order chi connectivity index (χ1) is 14.8. The van der Waals surface area contributed by atoms with Crippen molar-refractivity contribution in [2.24, 2.45) is 0 Å². The molecule has 0 N–H and O–H groups in total. The molecule has 1 saturated heterocycles. The molecule has 1 aliphatic rings. The standard InChI is InChI=1S/C21H21Cl2NO6S/c1-28-19-6-3-15(13-20(19)31(26,27)24-8-10-29-11-9-24)4-7-21(25)30-14-16-2-5-17(22)18(23)12-16/h2-7,12-13H,8-11,14H2,1H3/b7-4+. The monoisotopic (exact) mass is 485 g/mol. The van der Waals surface area contributed by atoms with Gasteiger partial charge in [-0.3, -0.25) is 0 Å². The minimum Gasteiger partial charge on any atom is -0.495 e. The summed E-state index contributed by atoms with van der Waals surface area (Å²) in [7, 11) is -2.36. The number of rotatable bonds is 7. The highest BCUT2D eigenvalue weighted by Gasteiger charge is 2.29. The van der Waals surface area contributed by atoms with Crippen molar-refractivity contribution in [2.45, 2.75) is 11.5 Å². The molecule has 31 heavy (non-hydrogen) atoms. The van der Waals surface area contributed by atoms with Crippen molar-refractivity contribution < 1.29 is 27.4 Å². The van der Waals surface area contributed by atoms with Crippen LogP contribution in [0.4, 0.5) is 0 Å². The van der Waals surface area contributed by atoms with Gasteiger partial charge in [-0.05, 0) is 41.5 Å². The van der Waals surface area contributed by atoms with Gasteiger partial charge in [0.05, 0.1) is 30.4 Å². The third-order valence-corrected chi connectivity index (χ3v) is 7.21. The van der Waals surface area contributed by atoms with Crippen LogP contribution >= 0.6 is 23.2 Å². The van der Waals surface area contributed by atoms with Crippen molar-refractivity contribution in [2.75, 3.05) is 33.4 Å². The molecule has 0 bridgehead atoms. The molecule has 166 valence electrons. The first-order valence-electron chi connectivity index (χ1n) is 9.36. The molecule has 1 fully saturated rings. The van der Waals surface area contributed by atoms with Gasteiger partial charge in [-0.25, -0.2) is 13.2 Å². The van der Waals surface area contributed by atoms with Gasteiger partial charge in [0, 0.05) is 19.2 Å². The summed E-state index contributed by atoms with van der Waals surface area (Å²) in [6.07, 6.45) is 2.71. The number of hydrogen-bond acceptors (Lipinski definition) is 6. The SMILES string of the molecule is COc1ccc(/C=C/C(=O)OCc2ccc(Cl)c(Cl)c2)cc1S(=O)(=O)N1CCOCC1. The van der Waals surface area contributed by atoms with Crippen molar-refractivity contribution in [1.29, 1.82) is 0 Å². The highest BCUT2D eigenvalue weighted by molar-refractivity contribution is 7.89. The molecule has 0 aliphatic carbocycles. The molecule has 0 amide bonds. The smallest absolute Gasteiger partial charge is 0.331 e. The molecular weight excluding hydrogens is 465 g/mol. The topological polar surface area (TPSA) is 82.1 Å². The number of carbonyl (C=O) groups is 1. The zero-order chi connectivity index (χ0) is 22.4. The number of morpholine rings is 1. The summed E-state index contributed by atoms with van der Waals surface area (Å²) in [4.78, 5) is 12.1. The Hall–Kier alpha value is -2.10. The van der Waals surface area contributed by atoms with E-state index in [4.69, 9.17) is 37.4 Å². The van der Waals surface area contributed by atoms with Crippen LogP contribution in [0.3, 0.4) is 0 Å². The van der Waals surface area contributed by atoms with Gasteiger partial charge in [0.15, 0.2) is 0 Å². The van der Waals surface area contributed by atoms with E-state index >= 15 is 0 Å². The van der Waals surface area contributed by atoms with Gasteiger partial charge >= 0.3 is 5.97 Å². The predicted octanol–water partition coefficient (Wildman–Crippen LogP) is 3.78. The summed E-state index contributed by atoms with van der Waals surface area (Å²) in [5, 5.41) is 0.789. The number of methoxy groups -OCH3 is 1. The maximum atomic E-state index is 13.0. The Morgan fingerprint density at radius 1 is 1.13 bits per heavy atom. The van der Waals surface area contributed by atoms with Crippen molar-refractivity contribution in [3.05, 3.63) is 63.6 Å². The lowest BCUT2D eigenvalue weighted by Crippen LogP contribution is -2.40. The van der Waals surface area contributed by atoms with Gasteiger partial charge < -0.3 is 14.2 Å². The second-order valence-corrected chi connectivity index (χ2v) is 9.34. The Labute approximate surface area is 191 Å². The maximum Gasteiger partial charge on any atom is 0.331 e. The second-order valence-electron chi connectivity index (χ2n) is 6.62. The number of halogens is 2. The van der Waals surface area contributed by atoms with Gasteiger partial charge in [-0.1, -0.05) is 35.3 Å². The molecule has 3 rings (SSSR count). The van der Waals surface area contributed by atoms with Crippen molar-refractivity contribution in [3.8, 4) is 5.75 Å². The Kier molecular flexibility index (Phi) is 7.96. The van der Waals surface area contributed by atoms with Gasteiger partial charge in [-0.15, -0.1) is 0 Å². The van der Waals surface area contributed by atoms with Crippen LogP contribution in [0.15, 0.2) is 47.4 Å². The van der Waals surface area contributed by atoms with Crippen LogP contribution in [0.25, 0.3) is 6.08 Å². The Morgan fingerprint density at radius 2 is 1.87 bits per heavy atom. The number of esters is 1. The number of sulfonamides is 1. The van der Waals surface area contributed by atoms with Crippen molar-refractivity contribution in [3.63, 3.8) is 0 Å². The molecular formula is C21H21Cl2NO6S. The summed E-state index contributed by atoms with van der Waals surface area (Å²) in [6, 6.07) is 9.61.